The Morgan fingerprint density at radius 2 is 2.03 bits per heavy atom. The fourth-order valence-electron chi connectivity index (χ4n) is 4.04. The summed E-state index contributed by atoms with van der Waals surface area (Å²) >= 11 is 6.28. The van der Waals surface area contributed by atoms with Crippen LogP contribution >= 0.6 is 11.6 Å². The van der Waals surface area contributed by atoms with E-state index in [2.05, 4.69) is 15.4 Å². The average Bonchev–Trinajstić information content (AvgIpc) is 3.41. The minimum absolute atomic E-state index is 0.260. The number of rotatable bonds is 5. The van der Waals surface area contributed by atoms with Crippen molar-refractivity contribution in [2.24, 2.45) is 12.0 Å². The Bertz CT molecular complexity index is 1380. The summed E-state index contributed by atoms with van der Waals surface area (Å²) in [5.74, 6) is 1.67. The van der Waals surface area contributed by atoms with E-state index in [1.54, 1.807) is 20.5 Å². The maximum absolute atomic E-state index is 6.28. The highest BCUT2D eigenvalue weighted by atomic mass is 35.5. The number of hydrogen-bond donors (Lipinski definition) is 1. The summed E-state index contributed by atoms with van der Waals surface area (Å²) in [6.45, 7) is 2.29. The fourth-order valence-corrected chi connectivity index (χ4v) is 4.25. The van der Waals surface area contributed by atoms with Gasteiger partial charge in [0.15, 0.2) is 5.84 Å². The number of aromatic nitrogens is 4. The number of amidine groups is 1. The van der Waals surface area contributed by atoms with E-state index in [0.29, 0.717) is 34.8 Å². The van der Waals surface area contributed by atoms with Crippen LogP contribution in [0.4, 0.5) is 0 Å². The molecule has 1 unspecified atom stereocenters. The third-order valence-electron chi connectivity index (χ3n) is 5.59. The van der Waals surface area contributed by atoms with Gasteiger partial charge in [0.05, 0.1) is 31.8 Å². The van der Waals surface area contributed by atoms with Crippen molar-refractivity contribution in [3.05, 3.63) is 65.0 Å². The van der Waals surface area contributed by atoms with Crippen molar-refractivity contribution >= 4 is 28.3 Å². The predicted octanol–water partition coefficient (Wildman–Crippen LogP) is 3.76. The number of hydrogen-bond acceptors (Lipinski definition) is 7. The van der Waals surface area contributed by atoms with Crippen LogP contribution in [-0.2, 0) is 11.9 Å². The minimum atomic E-state index is -0.260. The topological polar surface area (TPSA) is 87.7 Å². The third kappa shape index (κ3) is 3.79. The first kappa shape index (κ1) is 21.3. The molecule has 3 aromatic heterocycles. The van der Waals surface area contributed by atoms with E-state index in [9.17, 15) is 0 Å². The molecule has 1 aliphatic heterocycles. The van der Waals surface area contributed by atoms with Crippen LogP contribution in [0, 0.1) is 6.92 Å². The molecule has 0 spiro atoms. The molecule has 33 heavy (non-hydrogen) atoms. The van der Waals surface area contributed by atoms with Crippen LogP contribution in [0.1, 0.15) is 23.0 Å². The normalized spacial score (nSPS) is 15.9. The van der Waals surface area contributed by atoms with Crippen LogP contribution < -0.4 is 15.0 Å². The Hall–Kier alpha value is -3.56. The molecule has 10 heteroatoms. The van der Waals surface area contributed by atoms with Crippen molar-refractivity contribution in [1.82, 2.24) is 24.6 Å². The molecule has 0 fully saturated rings. The molecule has 0 aliphatic carbocycles. The van der Waals surface area contributed by atoms with Gasteiger partial charge in [0.2, 0.25) is 5.88 Å². The largest absolute Gasteiger partial charge is 0.496 e. The Labute approximate surface area is 195 Å². The van der Waals surface area contributed by atoms with Gasteiger partial charge in [0, 0.05) is 35.4 Å². The molecule has 0 bridgehead atoms. The summed E-state index contributed by atoms with van der Waals surface area (Å²) in [5, 5.41) is 1.57. The van der Waals surface area contributed by atoms with E-state index in [1.807, 2.05) is 59.8 Å². The second-order valence-corrected chi connectivity index (χ2v) is 8.19. The lowest BCUT2D eigenvalue weighted by molar-refractivity contribution is 0.0622. The maximum atomic E-state index is 6.28. The van der Waals surface area contributed by atoms with E-state index in [0.717, 1.165) is 27.8 Å². The summed E-state index contributed by atoms with van der Waals surface area (Å²) in [6, 6.07) is 7.25. The Kier molecular flexibility index (Phi) is 5.43. The van der Waals surface area contributed by atoms with Crippen molar-refractivity contribution in [3.8, 4) is 17.3 Å². The van der Waals surface area contributed by atoms with Crippen LogP contribution in [0.3, 0.4) is 0 Å². The van der Waals surface area contributed by atoms with Crippen molar-refractivity contribution in [2.75, 3.05) is 20.8 Å². The van der Waals surface area contributed by atoms with Gasteiger partial charge >= 0.3 is 0 Å². The van der Waals surface area contributed by atoms with Gasteiger partial charge in [0.1, 0.15) is 29.8 Å². The summed E-state index contributed by atoms with van der Waals surface area (Å²) in [4.78, 5) is 19.5. The number of aliphatic imine (C=N–C) groups is 1. The van der Waals surface area contributed by atoms with Crippen LogP contribution in [-0.4, -0.2) is 45.8 Å². The number of imidazole rings is 1. The summed E-state index contributed by atoms with van der Waals surface area (Å²) in [7, 11) is 5.19. The zero-order valence-electron chi connectivity index (χ0n) is 18.7. The highest BCUT2D eigenvalue weighted by Crippen LogP contribution is 2.38. The Morgan fingerprint density at radius 3 is 2.76 bits per heavy atom. The summed E-state index contributed by atoms with van der Waals surface area (Å²) < 4.78 is 15.0. The number of methoxy groups -OCH3 is 2. The fraction of sp³-hybridized carbons (Fsp3) is 0.261. The molecule has 5 rings (SSSR count). The van der Waals surface area contributed by atoms with Gasteiger partial charge in [-0.05, 0) is 31.2 Å². The average molecular weight is 467 g/mol. The lowest BCUT2D eigenvalue weighted by atomic mass is 10.1. The lowest BCUT2D eigenvalue weighted by Crippen LogP contribution is -2.33. The molecular weight excluding hydrogens is 444 g/mol. The zero-order chi connectivity index (χ0) is 23.1. The second kappa shape index (κ2) is 8.42. The molecule has 4 aromatic rings. The van der Waals surface area contributed by atoms with Crippen molar-refractivity contribution in [1.29, 1.82) is 0 Å². The molecule has 0 radical (unpaired) electrons. The number of pyridine rings is 1. The molecular formula is C23H23ClN6O3. The van der Waals surface area contributed by atoms with Gasteiger partial charge in [-0.1, -0.05) is 11.6 Å². The molecule has 0 amide bonds. The highest BCUT2D eigenvalue weighted by molar-refractivity contribution is 6.31. The smallest absolute Gasteiger partial charge is 0.238 e. The van der Waals surface area contributed by atoms with Gasteiger partial charge < -0.3 is 18.6 Å². The third-order valence-corrected chi connectivity index (χ3v) is 5.81. The first-order valence-corrected chi connectivity index (χ1v) is 10.7. The van der Waals surface area contributed by atoms with E-state index >= 15 is 0 Å². The molecule has 0 saturated carbocycles. The van der Waals surface area contributed by atoms with Crippen LogP contribution in [0.5, 0.6) is 11.6 Å². The van der Waals surface area contributed by atoms with E-state index < -0.39 is 0 Å². The number of hydroxylamine groups is 1. The molecule has 9 nitrogen and oxygen atoms in total. The first-order valence-electron chi connectivity index (χ1n) is 10.3. The Morgan fingerprint density at radius 1 is 1.18 bits per heavy atom. The van der Waals surface area contributed by atoms with Crippen LogP contribution in [0.2, 0.25) is 5.02 Å². The van der Waals surface area contributed by atoms with E-state index in [4.69, 9.17) is 30.9 Å². The number of benzene rings is 1. The van der Waals surface area contributed by atoms with Gasteiger partial charge in [0.25, 0.3) is 0 Å². The van der Waals surface area contributed by atoms with Crippen LogP contribution in [0.15, 0.2) is 48.0 Å². The molecule has 1 atom stereocenters. The van der Waals surface area contributed by atoms with Gasteiger partial charge in [-0.25, -0.2) is 15.4 Å². The van der Waals surface area contributed by atoms with Gasteiger partial charge in [-0.3, -0.25) is 9.83 Å². The molecule has 1 aliphatic rings. The summed E-state index contributed by atoms with van der Waals surface area (Å²) in [5.41, 5.74) is 7.14. The SMILES string of the molecule is COc1nc(C2=NC(c3cn(C)c4cc(Cl)cc(OC)c34)CON2)ccc1-n1cnc(C)c1. The van der Waals surface area contributed by atoms with Crippen molar-refractivity contribution in [3.63, 3.8) is 0 Å². The minimum Gasteiger partial charge on any atom is -0.496 e. The maximum Gasteiger partial charge on any atom is 0.238 e. The monoisotopic (exact) mass is 466 g/mol. The first-order chi connectivity index (χ1) is 16.0. The van der Waals surface area contributed by atoms with Crippen LogP contribution in [0.25, 0.3) is 16.6 Å². The summed E-state index contributed by atoms with van der Waals surface area (Å²) in [6.07, 6.45) is 5.67. The zero-order valence-corrected chi connectivity index (χ0v) is 19.4. The number of halogens is 1. The number of nitrogens with one attached hydrogen (secondary N) is 1. The van der Waals surface area contributed by atoms with E-state index in [-0.39, 0.29) is 6.04 Å². The molecule has 1 aromatic carbocycles. The molecule has 170 valence electrons. The Balaban J connectivity index is 1.56. The predicted molar refractivity (Wildman–Crippen MR) is 125 cm³/mol. The second-order valence-electron chi connectivity index (χ2n) is 7.75. The molecule has 1 N–H and O–H groups in total. The molecule has 4 heterocycles. The van der Waals surface area contributed by atoms with Crippen molar-refractivity contribution in [2.45, 2.75) is 13.0 Å². The number of fused-ring (bicyclic) bond motifs is 1. The number of nitrogens with zero attached hydrogens (tertiary/aromatic N) is 5. The van der Waals surface area contributed by atoms with Gasteiger partial charge in [-0.15, -0.1) is 0 Å². The number of ether oxygens (including phenoxy) is 2. The highest BCUT2D eigenvalue weighted by Gasteiger charge is 2.25. The van der Waals surface area contributed by atoms with Gasteiger partial charge in [-0.2, -0.15) is 0 Å². The number of aryl methyl sites for hydroxylation is 2. The molecule has 0 saturated heterocycles. The lowest BCUT2D eigenvalue weighted by Gasteiger charge is -2.22. The standard InChI is InChI=1S/C23H23ClN6O3/c1-13-9-30(12-25-13)18-6-5-16(27-23(18)32-4)22-26-17(11-33-28-22)15-10-29(2)19-7-14(24)8-20(31-3)21(15)19/h5-10,12,17H,11H2,1-4H3,(H,26,28). The van der Waals surface area contributed by atoms with E-state index in [1.165, 1.54) is 0 Å². The quantitative estimate of drug-likeness (QED) is 0.482. The van der Waals surface area contributed by atoms with Crippen molar-refractivity contribution < 1.29 is 14.3 Å².